The fourth-order valence-corrected chi connectivity index (χ4v) is 3.43. The molecule has 0 bridgehead atoms. The first-order valence-electron chi connectivity index (χ1n) is 6.81. The van der Waals surface area contributed by atoms with Gasteiger partial charge in [0.05, 0.1) is 5.69 Å². The molecule has 3 nitrogen and oxygen atoms in total. The number of nitrogens with two attached hydrogens (primary N) is 1. The Labute approximate surface area is 128 Å². The summed E-state index contributed by atoms with van der Waals surface area (Å²) in [5.74, 6) is -0.0941. The molecule has 0 saturated carbocycles. The Kier molecular flexibility index (Phi) is 4.89. The number of nitrogen functional groups attached to an aromatic ring is 1. The summed E-state index contributed by atoms with van der Waals surface area (Å²) in [5, 5.41) is 4.55. The van der Waals surface area contributed by atoms with E-state index in [-0.39, 0.29) is 11.9 Å². The lowest BCUT2D eigenvalue weighted by Gasteiger charge is -2.12. The van der Waals surface area contributed by atoms with E-state index in [9.17, 15) is 4.79 Å². The molecule has 1 aromatic heterocycles. The number of hydrogen-bond donors (Lipinski definition) is 2. The van der Waals surface area contributed by atoms with E-state index in [1.807, 2.05) is 19.1 Å². The minimum atomic E-state index is -0.0941. The van der Waals surface area contributed by atoms with Crippen LogP contribution in [0.1, 0.15) is 42.8 Å². The molecule has 1 heterocycles. The topological polar surface area (TPSA) is 55.1 Å². The smallest absolute Gasteiger partial charge is 0.263 e. The summed E-state index contributed by atoms with van der Waals surface area (Å²) >= 11 is 7.36. The van der Waals surface area contributed by atoms with Crippen LogP contribution in [0.3, 0.4) is 0 Å². The van der Waals surface area contributed by atoms with Gasteiger partial charge in [-0.1, -0.05) is 31.4 Å². The second-order valence-corrected chi connectivity index (χ2v) is 6.49. The Balaban J connectivity index is 2.20. The molecule has 0 radical (unpaired) electrons. The molecule has 2 aromatic rings. The van der Waals surface area contributed by atoms with Crippen molar-refractivity contribution in [3.05, 3.63) is 28.1 Å². The van der Waals surface area contributed by atoms with Gasteiger partial charge in [0.1, 0.15) is 4.88 Å². The third kappa shape index (κ3) is 3.25. The number of rotatable bonds is 5. The van der Waals surface area contributed by atoms with Gasteiger partial charge in [-0.25, -0.2) is 0 Å². The average Bonchev–Trinajstić information content (AvgIpc) is 2.73. The second kappa shape index (κ2) is 6.46. The molecule has 0 aliphatic heterocycles. The van der Waals surface area contributed by atoms with Gasteiger partial charge < -0.3 is 11.1 Å². The highest BCUT2D eigenvalue weighted by molar-refractivity contribution is 7.21. The first kappa shape index (κ1) is 15.1. The number of thiophene rings is 1. The van der Waals surface area contributed by atoms with Crippen LogP contribution in [0.5, 0.6) is 0 Å². The van der Waals surface area contributed by atoms with E-state index < -0.39 is 0 Å². The van der Waals surface area contributed by atoms with E-state index in [2.05, 4.69) is 12.2 Å². The Morgan fingerprint density at radius 3 is 2.95 bits per heavy atom. The number of unbranched alkanes of at least 4 members (excludes halogenated alkanes) is 1. The number of hydrogen-bond acceptors (Lipinski definition) is 3. The molecule has 3 N–H and O–H groups in total. The van der Waals surface area contributed by atoms with Crippen molar-refractivity contribution in [2.75, 3.05) is 5.73 Å². The Bertz CT molecular complexity index is 624. The maximum absolute atomic E-state index is 12.3. The highest BCUT2D eigenvalue weighted by Gasteiger charge is 2.17. The van der Waals surface area contributed by atoms with Gasteiger partial charge in [0.2, 0.25) is 0 Å². The maximum atomic E-state index is 12.3. The van der Waals surface area contributed by atoms with Gasteiger partial charge in [0.25, 0.3) is 5.91 Å². The monoisotopic (exact) mass is 310 g/mol. The number of anilines is 1. The summed E-state index contributed by atoms with van der Waals surface area (Å²) in [7, 11) is 0. The minimum Gasteiger partial charge on any atom is -0.397 e. The Morgan fingerprint density at radius 1 is 1.50 bits per heavy atom. The summed E-state index contributed by atoms with van der Waals surface area (Å²) in [6.07, 6.45) is 3.22. The van der Waals surface area contributed by atoms with Crippen LogP contribution in [-0.2, 0) is 0 Å². The third-order valence-electron chi connectivity index (χ3n) is 3.26. The summed E-state index contributed by atoms with van der Waals surface area (Å²) in [6.45, 7) is 4.16. The van der Waals surface area contributed by atoms with Gasteiger partial charge in [0, 0.05) is 21.2 Å². The molecule has 0 saturated heterocycles. The zero-order valence-corrected chi connectivity index (χ0v) is 13.3. The molecular formula is C15H19ClN2OS. The number of carbonyl (C=O) groups excluding carboxylic acids is 1. The average molecular weight is 311 g/mol. The summed E-state index contributed by atoms with van der Waals surface area (Å²) in [6, 6.07) is 5.66. The third-order valence-corrected chi connectivity index (χ3v) is 4.67. The first-order chi connectivity index (χ1) is 9.52. The standard InChI is InChI=1S/C15H19ClN2OS/c1-3-4-5-9(2)18-15(19)14-13(17)11-7-6-10(16)8-12(11)20-14/h6-9H,3-5,17H2,1-2H3,(H,18,19). The van der Waals surface area contributed by atoms with Crippen LogP contribution in [0.15, 0.2) is 18.2 Å². The molecule has 0 spiro atoms. The molecule has 2 rings (SSSR count). The van der Waals surface area contributed by atoms with Crippen molar-refractivity contribution >= 4 is 44.6 Å². The van der Waals surface area contributed by atoms with Crippen LogP contribution >= 0.6 is 22.9 Å². The van der Waals surface area contributed by atoms with Gasteiger partial charge in [-0.15, -0.1) is 11.3 Å². The van der Waals surface area contributed by atoms with E-state index in [4.69, 9.17) is 17.3 Å². The van der Waals surface area contributed by atoms with E-state index in [0.29, 0.717) is 15.6 Å². The molecule has 1 unspecified atom stereocenters. The summed E-state index contributed by atoms with van der Waals surface area (Å²) < 4.78 is 0.946. The van der Waals surface area contributed by atoms with Gasteiger partial charge in [-0.2, -0.15) is 0 Å². The van der Waals surface area contributed by atoms with Crippen LogP contribution in [-0.4, -0.2) is 11.9 Å². The molecule has 0 aliphatic carbocycles. The zero-order valence-electron chi connectivity index (χ0n) is 11.7. The van der Waals surface area contributed by atoms with E-state index in [0.717, 1.165) is 29.3 Å². The van der Waals surface area contributed by atoms with Crippen LogP contribution in [0.25, 0.3) is 10.1 Å². The molecule has 1 atom stereocenters. The quantitative estimate of drug-likeness (QED) is 0.857. The molecular weight excluding hydrogens is 292 g/mol. The van der Waals surface area contributed by atoms with Crippen molar-refractivity contribution < 1.29 is 4.79 Å². The fourth-order valence-electron chi connectivity index (χ4n) is 2.13. The molecule has 1 amide bonds. The van der Waals surface area contributed by atoms with Crippen LogP contribution in [0, 0.1) is 0 Å². The van der Waals surface area contributed by atoms with Crippen molar-refractivity contribution in [3.63, 3.8) is 0 Å². The lowest BCUT2D eigenvalue weighted by atomic mass is 10.1. The lowest BCUT2D eigenvalue weighted by molar-refractivity contribution is 0.0943. The zero-order chi connectivity index (χ0) is 14.7. The van der Waals surface area contributed by atoms with E-state index in [1.165, 1.54) is 11.3 Å². The van der Waals surface area contributed by atoms with Crippen LogP contribution in [0.4, 0.5) is 5.69 Å². The number of fused-ring (bicyclic) bond motifs is 1. The molecule has 20 heavy (non-hydrogen) atoms. The van der Waals surface area contributed by atoms with Crippen molar-refractivity contribution in [1.82, 2.24) is 5.32 Å². The van der Waals surface area contributed by atoms with Crippen molar-refractivity contribution in [3.8, 4) is 0 Å². The number of amides is 1. The van der Waals surface area contributed by atoms with Crippen molar-refractivity contribution in [2.24, 2.45) is 0 Å². The predicted octanol–water partition coefficient (Wildman–Crippen LogP) is 4.45. The normalized spacial score (nSPS) is 12.6. The van der Waals surface area contributed by atoms with Crippen LogP contribution < -0.4 is 11.1 Å². The predicted molar refractivity (Wildman–Crippen MR) is 87.7 cm³/mol. The molecule has 0 aliphatic rings. The maximum Gasteiger partial charge on any atom is 0.263 e. The van der Waals surface area contributed by atoms with Crippen LogP contribution in [0.2, 0.25) is 5.02 Å². The molecule has 0 fully saturated rings. The lowest BCUT2D eigenvalue weighted by Crippen LogP contribution is -2.32. The number of nitrogens with one attached hydrogen (secondary N) is 1. The summed E-state index contributed by atoms with van der Waals surface area (Å²) in [4.78, 5) is 12.9. The molecule has 108 valence electrons. The highest BCUT2D eigenvalue weighted by Crippen LogP contribution is 2.35. The first-order valence-corrected chi connectivity index (χ1v) is 8.00. The number of benzene rings is 1. The number of halogens is 1. The van der Waals surface area contributed by atoms with Gasteiger partial charge in [0.15, 0.2) is 0 Å². The molecule has 1 aromatic carbocycles. The van der Waals surface area contributed by atoms with Gasteiger partial charge >= 0.3 is 0 Å². The Hall–Kier alpha value is -1.26. The molecule has 5 heteroatoms. The highest BCUT2D eigenvalue weighted by atomic mass is 35.5. The second-order valence-electron chi connectivity index (χ2n) is 5.00. The van der Waals surface area contributed by atoms with Crippen molar-refractivity contribution in [2.45, 2.75) is 39.2 Å². The van der Waals surface area contributed by atoms with Gasteiger partial charge in [-0.3, -0.25) is 4.79 Å². The SMILES string of the molecule is CCCCC(C)NC(=O)c1sc2cc(Cl)ccc2c1N. The Morgan fingerprint density at radius 2 is 2.25 bits per heavy atom. The van der Waals surface area contributed by atoms with Gasteiger partial charge in [-0.05, 0) is 31.5 Å². The van der Waals surface area contributed by atoms with E-state index in [1.54, 1.807) is 6.07 Å². The fraction of sp³-hybridized carbons (Fsp3) is 0.400. The number of carbonyl (C=O) groups is 1. The van der Waals surface area contributed by atoms with Crippen molar-refractivity contribution in [1.29, 1.82) is 0 Å². The largest absolute Gasteiger partial charge is 0.397 e. The summed E-state index contributed by atoms with van der Waals surface area (Å²) in [5.41, 5.74) is 6.62. The van der Waals surface area contributed by atoms with E-state index >= 15 is 0 Å². The minimum absolute atomic E-state index is 0.0941.